The molecule has 76 valence electrons. The number of hydrogen-bond acceptors (Lipinski definition) is 2. The van der Waals surface area contributed by atoms with Gasteiger partial charge < -0.3 is 10.5 Å². The Morgan fingerprint density at radius 2 is 2.36 bits per heavy atom. The lowest BCUT2D eigenvalue weighted by atomic mass is 9.98. The molecule has 3 heteroatoms. The molecule has 0 saturated carbocycles. The quantitative estimate of drug-likeness (QED) is 0.825. The summed E-state index contributed by atoms with van der Waals surface area (Å²) in [5, 5.41) is 0. The molecule has 0 bridgehead atoms. The highest BCUT2D eigenvalue weighted by Crippen LogP contribution is 2.24. The molecule has 2 N–H and O–H groups in total. The van der Waals surface area contributed by atoms with Gasteiger partial charge in [-0.3, -0.25) is 0 Å². The van der Waals surface area contributed by atoms with Gasteiger partial charge in [-0.2, -0.15) is 0 Å². The normalized spacial score (nSPS) is 21.4. The lowest BCUT2D eigenvalue weighted by Gasteiger charge is -2.10. The van der Waals surface area contributed by atoms with Crippen molar-refractivity contribution < 1.29 is 4.74 Å². The van der Waals surface area contributed by atoms with Crippen molar-refractivity contribution in [2.45, 2.75) is 12.8 Å². The summed E-state index contributed by atoms with van der Waals surface area (Å²) < 4.78 is 6.44. The van der Waals surface area contributed by atoms with Crippen LogP contribution in [0.5, 0.6) is 0 Å². The van der Waals surface area contributed by atoms with E-state index in [1.165, 1.54) is 5.56 Å². The van der Waals surface area contributed by atoms with Gasteiger partial charge in [0.25, 0.3) is 0 Å². The fourth-order valence-corrected chi connectivity index (χ4v) is 2.21. The Kier molecular flexibility index (Phi) is 3.08. The number of hydrogen-bond donors (Lipinski definition) is 1. The Balaban J connectivity index is 2.10. The van der Waals surface area contributed by atoms with Gasteiger partial charge in [0.15, 0.2) is 0 Å². The first-order valence-electron chi connectivity index (χ1n) is 4.87. The molecule has 0 amide bonds. The molecule has 1 unspecified atom stereocenters. The molecule has 0 aliphatic carbocycles. The largest absolute Gasteiger partial charge is 0.399 e. The first-order valence-corrected chi connectivity index (χ1v) is 5.66. The summed E-state index contributed by atoms with van der Waals surface area (Å²) in [6, 6.07) is 6.03. The molecule has 1 aliphatic rings. The SMILES string of the molecule is Nc1ccc(Br)cc1CC1CCOC1. The average Bonchev–Trinajstić information content (AvgIpc) is 2.64. The van der Waals surface area contributed by atoms with Crippen LogP contribution in [0.1, 0.15) is 12.0 Å². The molecule has 1 atom stereocenters. The second-order valence-corrected chi connectivity index (χ2v) is 4.69. The number of anilines is 1. The topological polar surface area (TPSA) is 35.2 Å². The van der Waals surface area contributed by atoms with Crippen molar-refractivity contribution in [2.24, 2.45) is 5.92 Å². The zero-order valence-electron chi connectivity index (χ0n) is 8.00. The highest BCUT2D eigenvalue weighted by molar-refractivity contribution is 9.10. The van der Waals surface area contributed by atoms with Gasteiger partial charge in [-0.1, -0.05) is 15.9 Å². The van der Waals surface area contributed by atoms with Gasteiger partial charge in [0.05, 0.1) is 0 Å². The van der Waals surface area contributed by atoms with Gasteiger partial charge in [-0.05, 0) is 42.5 Å². The molecule has 2 rings (SSSR count). The predicted octanol–water partition coefficient (Wildman–Crippen LogP) is 2.61. The van der Waals surface area contributed by atoms with E-state index in [9.17, 15) is 0 Å². The molecule has 0 aromatic heterocycles. The fourth-order valence-electron chi connectivity index (χ4n) is 1.81. The summed E-state index contributed by atoms with van der Waals surface area (Å²) in [5.74, 6) is 0.645. The Morgan fingerprint density at radius 3 is 3.07 bits per heavy atom. The van der Waals surface area contributed by atoms with Gasteiger partial charge in [-0.15, -0.1) is 0 Å². The maximum atomic E-state index is 5.91. The summed E-state index contributed by atoms with van der Waals surface area (Å²) in [4.78, 5) is 0. The van der Waals surface area contributed by atoms with E-state index in [4.69, 9.17) is 10.5 Å². The van der Waals surface area contributed by atoms with Crippen LogP contribution in [0.2, 0.25) is 0 Å². The van der Waals surface area contributed by atoms with E-state index in [0.29, 0.717) is 5.92 Å². The van der Waals surface area contributed by atoms with Crippen LogP contribution in [0.4, 0.5) is 5.69 Å². The summed E-state index contributed by atoms with van der Waals surface area (Å²) in [5.41, 5.74) is 8.03. The number of rotatable bonds is 2. The monoisotopic (exact) mass is 255 g/mol. The maximum Gasteiger partial charge on any atom is 0.0498 e. The Morgan fingerprint density at radius 1 is 1.50 bits per heavy atom. The first kappa shape index (κ1) is 9.99. The Bertz CT molecular complexity index is 321. The molecule has 1 fully saturated rings. The Labute approximate surface area is 92.6 Å². The third kappa shape index (κ3) is 2.28. The van der Waals surface area contributed by atoms with E-state index < -0.39 is 0 Å². The van der Waals surface area contributed by atoms with Crippen LogP contribution in [0, 0.1) is 5.92 Å². The number of benzene rings is 1. The summed E-state index contributed by atoms with van der Waals surface area (Å²) >= 11 is 3.46. The lowest BCUT2D eigenvalue weighted by molar-refractivity contribution is 0.186. The van der Waals surface area contributed by atoms with Gasteiger partial charge in [0.1, 0.15) is 0 Å². The minimum atomic E-state index is 0.645. The van der Waals surface area contributed by atoms with E-state index in [0.717, 1.165) is 36.2 Å². The van der Waals surface area contributed by atoms with Crippen LogP contribution in [-0.4, -0.2) is 13.2 Å². The van der Waals surface area contributed by atoms with Crippen molar-refractivity contribution in [3.8, 4) is 0 Å². The molecule has 1 aromatic carbocycles. The van der Waals surface area contributed by atoms with E-state index in [1.54, 1.807) is 0 Å². The van der Waals surface area contributed by atoms with Crippen molar-refractivity contribution in [1.29, 1.82) is 0 Å². The number of ether oxygens (including phenoxy) is 1. The Hall–Kier alpha value is -0.540. The molecule has 1 saturated heterocycles. The maximum absolute atomic E-state index is 5.91. The van der Waals surface area contributed by atoms with Crippen LogP contribution < -0.4 is 5.73 Å². The molecule has 1 aliphatic heterocycles. The van der Waals surface area contributed by atoms with Crippen molar-refractivity contribution >= 4 is 21.6 Å². The molecule has 2 nitrogen and oxygen atoms in total. The third-order valence-corrected chi connectivity index (χ3v) is 3.13. The van der Waals surface area contributed by atoms with Crippen LogP contribution in [0.3, 0.4) is 0 Å². The predicted molar refractivity (Wildman–Crippen MR) is 61.2 cm³/mol. The third-order valence-electron chi connectivity index (χ3n) is 2.64. The number of halogens is 1. The van der Waals surface area contributed by atoms with Gasteiger partial charge in [-0.25, -0.2) is 0 Å². The smallest absolute Gasteiger partial charge is 0.0498 e. The molecular formula is C11H14BrNO. The highest BCUT2D eigenvalue weighted by Gasteiger charge is 2.17. The van der Waals surface area contributed by atoms with E-state index in [-0.39, 0.29) is 0 Å². The number of nitrogens with two attached hydrogens (primary N) is 1. The summed E-state index contributed by atoms with van der Waals surface area (Å²) in [6.07, 6.45) is 2.19. The molecule has 0 radical (unpaired) electrons. The molecule has 1 aromatic rings. The minimum absolute atomic E-state index is 0.645. The van der Waals surface area contributed by atoms with Gasteiger partial charge >= 0.3 is 0 Å². The van der Waals surface area contributed by atoms with Gasteiger partial charge in [0, 0.05) is 23.4 Å². The van der Waals surface area contributed by atoms with Crippen molar-refractivity contribution in [3.63, 3.8) is 0 Å². The minimum Gasteiger partial charge on any atom is -0.399 e. The van der Waals surface area contributed by atoms with Crippen LogP contribution in [0.25, 0.3) is 0 Å². The van der Waals surface area contributed by atoms with Gasteiger partial charge in [0.2, 0.25) is 0 Å². The average molecular weight is 256 g/mol. The van der Waals surface area contributed by atoms with Crippen molar-refractivity contribution in [1.82, 2.24) is 0 Å². The molecule has 14 heavy (non-hydrogen) atoms. The van der Waals surface area contributed by atoms with E-state index in [1.807, 2.05) is 12.1 Å². The van der Waals surface area contributed by atoms with E-state index in [2.05, 4.69) is 22.0 Å². The van der Waals surface area contributed by atoms with Crippen LogP contribution >= 0.6 is 15.9 Å². The van der Waals surface area contributed by atoms with E-state index >= 15 is 0 Å². The number of nitrogen functional groups attached to an aromatic ring is 1. The zero-order chi connectivity index (χ0) is 9.97. The second kappa shape index (κ2) is 4.32. The molecule has 0 spiro atoms. The molecule has 1 heterocycles. The fraction of sp³-hybridized carbons (Fsp3) is 0.455. The first-order chi connectivity index (χ1) is 6.75. The van der Waals surface area contributed by atoms with Crippen LogP contribution in [0.15, 0.2) is 22.7 Å². The summed E-state index contributed by atoms with van der Waals surface area (Å²) in [7, 11) is 0. The highest BCUT2D eigenvalue weighted by atomic mass is 79.9. The molecular weight excluding hydrogens is 242 g/mol. The van der Waals surface area contributed by atoms with Crippen LogP contribution in [-0.2, 0) is 11.2 Å². The van der Waals surface area contributed by atoms with Crippen molar-refractivity contribution in [2.75, 3.05) is 18.9 Å². The second-order valence-electron chi connectivity index (χ2n) is 3.78. The lowest BCUT2D eigenvalue weighted by Crippen LogP contribution is -2.05. The van der Waals surface area contributed by atoms with Crippen molar-refractivity contribution in [3.05, 3.63) is 28.2 Å². The zero-order valence-corrected chi connectivity index (χ0v) is 9.59. The summed E-state index contributed by atoms with van der Waals surface area (Å²) in [6.45, 7) is 1.78. The standard InChI is InChI=1S/C11H14BrNO/c12-10-1-2-11(13)9(6-10)5-8-3-4-14-7-8/h1-2,6,8H,3-5,7,13H2.